The Balaban J connectivity index is 1.77. The minimum Gasteiger partial charge on any atom is -0.393 e. The van der Waals surface area contributed by atoms with Gasteiger partial charge < -0.3 is 14.6 Å². The van der Waals surface area contributed by atoms with Gasteiger partial charge in [-0.05, 0) is 26.2 Å². The number of amides is 1. The van der Waals surface area contributed by atoms with Gasteiger partial charge in [0.05, 0.1) is 11.9 Å². The number of carbonyl (C=O) groups is 1. The van der Waals surface area contributed by atoms with Gasteiger partial charge in [0.2, 0.25) is 5.91 Å². The zero-order valence-corrected chi connectivity index (χ0v) is 12.1. The van der Waals surface area contributed by atoms with Crippen LogP contribution in [0.1, 0.15) is 32.2 Å². The second kappa shape index (κ2) is 6.38. The minimum absolute atomic E-state index is 0.0518. The van der Waals surface area contributed by atoms with Gasteiger partial charge in [-0.1, -0.05) is 11.8 Å². The lowest BCUT2D eigenvalue weighted by atomic mass is 10.3. The van der Waals surface area contributed by atoms with Crippen molar-refractivity contribution in [2.75, 3.05) is 19.3 Å². The van der Waals surface area contributed by atoms with Crippen molar-refractivity contribution < 1.29 is 9.90 Å². The van der Waals surface area contributed by atoms with Crippen LogP contribution in [0.25, 0.3) is 0 Å². The van der Waals surface area contributed by atoms with E-state index < -0.39 is 0 Å². The molecule has 0 radical (unpaired) electrons. The molecule has 0 spiro atoms. The standard InChI is InChI=1S/C12H20N4O2S/c1-9(17)5-6-15(2)11(18)7-19-12-14-13-8-16(12)10-3-4-10/h8-10,17H,3-7H2,1-2H3. The first-order valence-corrected chi connectivity index (χ1v) is 7.51. The van der Waals surface area contributed by atoms with E-state index in [2.05, 4.69) is 10.2 Å². The second-order valence-corrected chi connectivity index (χ2v) is 5.94. The molecule has 1 N–H and O–H groups in total. The number of rotatable bonds is 7. The van der Waals surface area contributed by atoms with Gasteiger partial charge in [-0.15, -0.1) is 10.2 Å². The summed E-state index contributed by atoms with van der Waals surface area (Å²) in [6, 6.07) is 0.528. The number of aliphatic hydroxyl groups is 1. The molecule has 0 bridgehead atoms. The van der Waals surface area contributed by atoms with E-state index in [4.69, 9.17) is 0 Å². The smallest absolute Gasteiger partial charge is 0.232 e. The van der Waals surface area contributed by atoms with Gasteiger partial charge in [0.25, 0.3) is 0 Å². The summed E-state index contributed by atoms with van der Waals surface area (Å²) >= 11 is 1.43. The summed E-state index contributed by atoms with van der Waals surface area (Å²) < 4.78 is 2.05. The zero-order valence-electron chi connectivity index (χ0n) is 11.3. The van der Waals surface area contributed by atoms with Crippen LogP contribution in [0.4, 0.5) is 0 Å². The van der Waals surface area contributed by atoms with Crippen molar-refractivity contribution >= 4 is 17.7 Å². The van der Waals surface area contributed by atoms with Crippen LogP contribution in [0, 0.1) is 0 Å². The van der Waals surface area contributed by atoms with Gasteiger partial charge in [0.15, 0.2) is 5.16 Å². The van der Waals surface area contributed by atoms with Crippen molar-refractivity contribution in [1.29, 1.82) is 0 Å². The Bertz CT molecular complexity index is 431. The summed E-state index contributed by atoms with van der Waals surface area (Å²) in [5.41, 5.74) is 0. The van der Waals surface area contributed by atoms with E-state index in [0.29, 0.717) is 24.8 Å². The van der Waals surface area contributed by atoms with Gasteiger partial charge in [-0.3, -0.25) is 4.79 Å². The van der Waals surface area contributed by atoms with Crippen LogP contribution in [0.2, 0.25) is 0 Å². The Morgan fingerprint density at radius 2 is 2.42 bits per heavy atom. The SMILES string of the molecule is CC(O)CCN(C)C(=O)CSc1nncn1C1CC1. The number of thioether (sulfide) groups is 1. The van der Waals surface area contributed by atoms with Crippen LogP contribution in [0.15, 0.2) is 11.5 Å². The molecule has 1 heterocycles. The molecule has 7 heteroatoms. The number of hydrogen-bond acceptors (Lipinski definition) is 5. The number of aromatic nitrogens is 3. The van der Waals surface area contributed by atoms with E-state index in [1.54, 1.807) is 25.2 Å². The van der Waals surface area contributed by atoms with Crippen LogP contribution in [-0.2, 0) is 4.79 Å². The fourth-order valence-electron chi connectivity index (χ4n) is 1.68. The molecule has 0 aliphatic heterocycles. The minimum atomic E-state index is -0.374. The Hall–Kier alpha value is -1.08. The second-order valence-electron chi connectivity index (χ2n) is 4.99. The molecule has 1 saturated carbocycles. The van der Waals surface area contributed by atoms with Gasteiger partial charge >= 0.3 is 0 Å². The summed E-state index contributed by atoms with van der Waals surface area (Å²) in [4.78, 5) is 13.6. The molecule has 1 fully saturated rings. The first kappa shape index (κ1) is 14.3. The van der Waals surface area contributed by atoms with Gasteiger partial charge in [0, 0.05) is 19.6 Å². The molecular weight excluding hydrogens is 264 g/mol. The fraction of sp³-hybridized carbons (Fsp3) is 0.750. The zero-order chi connectivity index (χ0) is 13.8. The maximum absolute atomic E-state index is 11.9. The number of hydrogen-bond donors (Lipinski definition) is 1. The Morgan fingerprint density at radius 3 is 3.05 bits per heavy atom. The maximum atomic E-state index is 11.9. The van der Waals surface area contributed by atoms with E-state index in [9.17, 15) is 9.90 Å². The Labute approximate surface area is 117 Å². The van der Waals surface area contributed by atoms with Crippen LogP contribution < -0.4 is 0 Å². The third-order valence-corrected chi connectivity index (χ3v) is 4.06. The summed E-state index contributed by atoms with van der Waals surface area (Å²) in [6.07, 6.45) is 4.31. The van der Waals surface area contributed by atoms with Crippen molar-refractivity contribution in [3.8, 4) is 0 Å². The highest BCUT2D eigenvalue weighted by atomic mass is 32.2. The molecule has 1 aliphatic rings. The molecule has 1 atom stereocenters. The Morgan fingerprint density at radius 1 is 1.68 bits per heavy atom. The molecule has 1 aromatic rings. The van der Waals surface area contributed by atoms with E-state index in [1.807, 2.05) is 4.57 Å². The third-order valence-electron chi connectivity index (χ3n) is 3.11. The molecule has 2 rings (SSSR count). The van der Waals surface area contributed by atoms with Crippen LogP contribution in [0.5, 0.6) is 0 Å². The monoisotopic (exact) mass is 284 g/mol. The lowest BCUT2D eigenvalue weighted by Gasteiger charge is -2.17. The molecule has 6 nitrogen and oxygen atoms in total. The topological polar surface area (TPSA) is 71.2 Å². The van der Waals surface area contributed by atoms with Crippen molar-refractivity contribution in [1.82, 2.24) is 19.7 Å². The summed E-state index contributed by atoms with van der Waals surface area (Å²) in [5.74, 6) is 0.415. The molecule has 1 aliphatic carbocycles. The van der Waals surface area contributed by atoms with Crippen LogP contribution in [0.3, 0.4) is 0 Å². The summed E-state index contributed by atoms with van der Waals surface area (Å²) in [6.45, 7) is 2.30. The van der Waals surface area contributed by atoms with Crippen molar-refractivity contribution in [3.63, 3.8) is 0 Å². The molecule has 1 amide bonds. The molecule has 106 valence electrons. The normalized spacial score (nSPS) is 16.4. The maximum Gasteiger partial charge on any atom is 0.232 e. The highest BCUT2D eigenvalue weighted by Gasteiger charge is 2.26. The highest BCUT2D eigenvalue weighted by molar-refractivity contribution is 7.99. The largest absolute Gasteiger partial charge is 0.393 e. The van der Waals surface area contributed by atoms with E-state index in [0.717, 1.165) is 5.16 Å². The first-order chi connectivity index (χ1) is 9.08. The molecule has 19 heavy (non-hydrogen) atoms. The average Bonchev–Trinajstić information content (AvgIpc) is 3.12. The van der Waals surface area contributed by atoms with E-state index >= 15 is 0 Å². The lowest BCUT2D eigenvalue weighted by molar-refractivity contribution is -0.127. The average molecular weight is 284 g/mol. The molecule has 0 aromatic carbocycles. The third kappa shape index (κ3) is 4.21. The van der Waals surface area contributed by atoms with Gasteiger partial charge in [-0.2, -0.15) is 0 Å². The predicted molar refractivity (Wildman–Crippen MR) is 73.0 cm³/mol. The number of carbonyl (C=O) groups excluding carboxylic acids is 1. The summed E-state index contributed by atoms with van der Waals surface area (Å²) in [7, 11) is 1.76. The number of aliphatic hydroxyl groups excluding tert-OH is 1. The number of nitrogens with zero attached hydrogens (tertiary/aromatic N) is 4. The van der Waals surface area contributed by atoms with Crippen molar-refractivity contribution in [3.05, 3.63) is 6.33 Å². The molecule has 1 unspecified atom stereocenters. The molecular formula is C12H20N4O2S. The molecule has 0 saturated heterocycles. The van der Waals surface area contributed by atoms with E-state index in [-0.39, 0.29) is 12.0 Å². The van der Waals surface area contributed by atoms with Crippen LogP contribution in [-0.4, -0.2) is 56.1 Å². The summed E-state index contributed by atoms with van der Waals surface area (Å²) in [5, 5.41) is 18.0. The Kier molecular flexibility index (Phi) is 4.81. The van der Waals surface area contributed by atoms with Crippen LogP contribution >= 0.6 is 11.8 Å². The van der Waals surface area contributed by atoms with E-state index in [1.165, 1.54) is 24.6 Å². The molecule has 1 aromatic heterocycles. The van der Waals surface area contributed by atoms with Crippen molar-refractivity contribution in [2.45, 2.75) is 43.5 Å². The predicted octanol–water partition coefficient (Wildman–Crippen LogP) is 0.934. The van der Waals surface area contributed by atoms with Gasteiger partial charge in [-0.25, -0.2) is 0 Å². The first-order valence-electron chi connectivity index (χ1n) is 6.52. The quantitative estimate of drug-likeness (QED) is 0.754. The highest BCUT2D eigenvalue weighted by Crippen LogP contribution is 2.37. The van der Waals surface area contributed by atoms with Crippen molar-refractivity contribution in [2.24, 2.45) is 0 Å². The lowest BCUT2D eigenvalue weighted by Crippen LogP contribution is -2.30. The van der Waals surface area contributed by atoms with Gasteiger partial charge in [0.1, 0.15) is 6.33 Å². The fourth-order valence-corrected chi connectivity index (χ4v) is 2.60.